The zero-order valence-electron chi connectivity index (χ0n) is 19.6. The average Bonchev–Trinajstić information content (AvgIpc) is 2.82. The van der Waals surface area contributed by atoms with Crippen molar-refractivity contribution in [2.75, 3.05) is 45.4 Å². The summed E-state index contributed by atoms with van der Waals surface area (Å²) in [6.07, 6.45) is 0.502. The summed E-state index contributed by atoms with van der Waals surface area (Å²) in [6, 6.07) is -1.31. The van der Waals surface area contributed by atoms with Gasteiger partial charge in [0.1, 0.15) is 6.04 Å². The highest BCUT2D eigenvalue weighted by molar-refractivity contribution is 8.13. The zero-order chi connectivity index (χ0) is 27.9. The highest BCUT2D eigenvalue weighted by atomic mass is 32.2. The largest absolute Gasteiger partial charge is 0.464 e. The smallest absolute Gasteiger partial charge is 0.407 e. The van der Waals surface area contributed by atoms with E-state index in [4.69, 9.17) is 14.2 Å². The van der Waals surface area contributed by atoms with Gasteiger partial charge < -0.3 is 34.0 Å². The second kappa shape index (κ2) is 21.4. The second-order valence-electron chi connectivity index (χ2n) is 6.70. The molecule has 1 N–H and O–H groups in total. The molecule has 0 heterocycles. The van der Waals surface area contributed by atoms with Crippen molar-refractivity contribution in [3.8, 4) is 0 Å². The average molecular weight is 560 g/mol. The Hall–Kier alpha value is -3.84. The molecule has 0 aromatic heterocycles. The monoisotopic (exact) mass is 560 g/mol. The molecular weight excluding hydrogens is 532 g/mol. The third kappa shape index (κ3) is 22.4. The lowest BCUT2D eigenvalue weighted by Crippen LogP contribution is -2.44. The van der Waals surface area contributed by atoms with Gasteiger partial charge in [-0.25, -0.2) is 14.4 Å². The van der Waals surface area contributed by atoms with E-state index in [9.17, 15) is 44.7 Å². The molecule has 0 aliphatic carbocycles. The zero-order valence-corrected chi connectivity index (χ0v) is 20.5. The van der Waals surface area contributed by atoms with Gasteiger partial charge in [-0.2, -0.15) is 0 Å². The standard InChI is InChI=1S/C17H28N4O15S/c22-15(31-7-1-4-10-34-19(25)26)14(18-16(23)32-8-2-5-11-35-20(27)28)13-37-17(24)33-9-3-6-12-36-21(29)30/h14H,1-13H2,(H,18,23). The minimum Gasteiger partial charge on any atom is -0.464 e. The van der Waals surface area contributed by atoms with Crippen molar-refractivity contribution in [2.24, 2.45) is 0 Å². The number of thioether (sulfide) groups is 1. The van der Waals surface area contributed by atoms with Gasteiger partial charge in [0.25, 0.3) is 15.3 Å². The molecule has 0 bridgehead atoms. The summed E-state index contributed by atoms with van der Waals surface area (Å²) in [4.78, 5) is 78.8. The van der Waals surface area contributed by atoms with E-state index >= 15 is 0 Å². The van der Waals surface area contributed by atoms with Crippen LogP contribution in [0, 0.1) is 30.3 Å². The molecule has 37 heavy (non-hydrogen) atoms. The summed E-state index contributed by atoms with van der Waals surface area (Å²) in [6.45, 7) is -0.833. The molecule has 0 aliphatic rings. The van der Waals surface area contributed by atoms with E-state index in [-0.39, 0.29) is 77.5 Å². The van der Waals surface area contributed by atoms with E-state index in [0.29, 0.717) is 18.2 Å². The van der Waals surface area contributed by atoms with Gasteiger partial charge in [-0.05, 0) is 50.3 Å². The first-order valence-corrected chi connectivity index (χ1v) is 11.8. The molecule has 0 spiro atoms. The lowest BCUT2D eigenvalue weighted by Gasteiger charge is -2.17. The summed E-state index contributed by atoms with van der Waals surface area (Å²) < 4.78 is 14.8. The molecule has 0 aliphatic heterocycles. The minimum absolute atomic E-state index is 0.0517. The molecular formula is C17H28N4O15S. The first kappa shape index (κ1) is 33.2. The van der Waals surface area contributed by atoms with Gasteiger partial charge in [0.05, 0.1) is 39.6 Å². The van der Waals surface area contributed by atoms with Crippen molar-refractivity contribution < 1.29 is 58.4 Å². The van der Waals surface area contributed by atoms with Gasteiger partial charge in [0.15, 0.2) is 0 Å². The molecule has 0 saturated carbocycles. The fourth-order valence-electron chi connectivity index (χ4n) is 2.17. The Bertz CT molecular complexity index is 741. The quantitative estimate of drug-likeness (QED) is 0.0646. The minimum atomic E-state index is -1.31. The molecule has 0 aromatic rings. The number of nitrogens with one attached hydrogen (secondary N) is 1. The fraction of sp³-hybridized carbons (Fsp3) is 0.824. The van der Waals surface area contributed by atoms with Crippen LogP contribution in [-0.4, -0.2) is 84.1 Å². The van der Waals surface area contributed by atoms with Crippen molar-refractivity contribution >= 4 is 29.1 Å². The van der Waals surface area contributed by atoms with Gasteiger partial charge in [0, 0.05) is 5.75 Å². The molecule has 19 nitrogen and oxygen atoms in total. The molecule has 212 valence electrons. The summed E-state index contributed by atoms with van der Waals surface area (Å²) in [5.74, 6) is -1.18. The van der Waals surface area contributed by atoms with Gasteiger partial charge in [-0.1, -0.05) is 0 Å². The van der Waals surface area contributed by atoms with Crippen LogP contribution in [0.1, 0.15) is 38.5 Å². The number of nitrogens with zero attached hydrogens (tertiary/aromatic N) is 3. The number of rotatable bonds is 22. The van der Waals surface area contributed by atoms with Crippen molar-refractivity contribution in [1.82, 2.24) is 5.32 Å². The topological polar surface area (TPSA) is 248 Å². The van der Waals surface area contributed by atoms with Gasteiger partial charge in [-0.3, -0.25) is 0 Å². The Balaban J connectivity index is 4.49. The van der Waals surface area contributed by atoms with Crippen LogP contribution >= 0.6 is 11.8 Å². The number of alkyl carbamates (subject to hydrolysis) is 1. The van der Waals surface area contributed by atoms with Crippen LogP contribution in [0.5, 0.6) is 0 Å². The van der Waals surface area contributed by atoms with E-state index < -0.39 is 38.7 Å². The maximum absolute atomic E-state index is 12.4. The van der Waals surface area contributed by atoms with Crippen LogP contribution < -0.4 is 5.32 Å². The van der Waals surface area contributed by atoms with E-state index in [1.807, 2.05) is 0 Å². The van der Waals surface area contributed by atoms with Gasteiger partial charge in [0.2, 0.25) is 0 Å². The Morgan fingerprint density at radius 3 is 1.51 bits per heavy atom. The molecule has 0 saturated heterocycles. The van der Waals surface area contributed by atoms with E-state index in [1.54, 1.807) is 0 Å². The number of unbranched alkanes of at least 4 members (excludes halogenated alkanes) is 3. The number of carbonyl (C=O) groups excluding carboxylic acids is 3. The molecule has 20 heteroatoms. The maximum atomic E-state index is 12.4. The molecule has 0 aromatic carbocycles. The Morgan fingerprint density at radius 2 is 1.05 bits per heavy atom. The van der Waals surface area contributed by atoms with Crippen LogP contribution in [0.15, 0.2) is 0 Å². The van der Waals surface area contributed by atoms with Gasteiger partial charge in [-0.15, -0.1) is 30.3 Å². The third-order valence-corrected chi connectivity index (χ3v) is 4.70. The number of ether oxygens (including phenoxy) is 3. The molecule has 1 amide bonds. The lowest BCUT2D eigenvalue weighted by molar-refractivity contribution is -0.757. The summed E-state index contributed by atoms with van der Waals surface area (Å²) >= 11 is 0.565. The number of hydrogen-bond acceptors (Lipinski definition) is 16. The third-order valence-electron chi connectivity index (χ3n) is 3.85. The van der Waals surface area contributed by atoms with Crippen LogP contribution in [-0.2, 0) is 33.5 Å². The van der Waals surface area contributed by atoms with Crippen molar-refractivity contribution in [3.63, 3.8) is 0 Å². The summed E-state index contributed by atoms with van der Waals surface area (Å²) in [7, 11) is 0. The number of amides is 1. The molecule has 0 rings (SSSR count). The number of carbonyl (C=O) groups is 3. The number of esters is 1. The molecule has 0 radical (unpaired) electrons. The highest BCUT2D eigenvalue weighted by Crippen LogP contribution is 2.10. The normalized spacial score (nSPS) is 10.9. The first-order chi connectivity index (χ1) is 17.6. The summed E-state index contributed by atoms with van der Waals surface area (Å²) in [5.41, 5.74) is 0. The van der Waals surface area contributed by atoms with Crippen LogP contribution in [0.2, 0.25) is 0 Å². The number of hydrogen-bond donors (Lipinski definition) is 1. The van der Waals surface area contributed by atoms with Crippen LogP contribution in [0.25, 0.3) is 0 Å². The molecule has 1 atom stereocenters. The van der Waals surface area contributed by atoms with Crippen molar-refractivity contribution in [2.45, 2.75) is 44.6 Å². The second-order valence-corrected chi connectivity index (χ2v) is 7.66. The van der Waals surface area contributed by atoms with Crippen LogP contribution in [0.3, 0.4) is 0 Å². The van der Waals surface area contributed by atoms with Crippen molar-refractivity contribution in [3.05, 3.63) is 30.3 Å². The Morgan fingerprint density at radius 1 is 0.649 bits per heavy atom. The van der Waals surface area contributed by atoms with Gasteiger partial charge >= 0.3 is 17.4 Å². The van der Waals surface area contributed by atoms with E-state index in [1.165, 1.54) is 0 Å². The summed E-state index contributed by atoms with van der Waals surface area (Å²) in [5, 5.41) is 28.8. The van der Waals surface area contributed by atoms with E-state index in [0.717, 1.165) is 0 Å². The fourth-order valence-corrected chi connectivity index (χ4v) is 2.86. The highest BCUT2D eigenvalue weighted by Gasteiger charge is 2.25. The predicted molar refractivity (Wildman–Crippen MR) is 120 cm³/mol. The Kier molecular flexibility index (Phi) is 19.2. The SMILES string of the molecule is O=C(NC(CSC(=O)OCCCCO[N+](=O)[O-])C(=O)OCCCCO[N+](=O)[O-])OCCCCO[N+](=O)[O-]. The van der Waals surface area contributed by atoms with Crippen molar-refractivity contribution in [1.29, 1.82) is 0 Å². The molecule has 0 fully saturated rings. The predicted octanol–water partition coefficient (Wildman–Crippen LogP) is 1.46. The van der Waals surface area contributed by atoms with Crippen LogP contribution in [0.4, 0.5) is 9.59 Å². The Labute approximate surface area is 213 Å². The lowest BCUT2D eigenvalue weighted by atomic mass is 10.3. The van der Waals surface area contributed by atoms with E-state index in [2.05, 4.69) is 19.8 Å². The molecule has 1 unspecified atom stereocenters. The maximum Gasteiger partial charge on any atom is 0.407 e. The first-order valence-electron chi connectivity index (χ1n) is 10.8.